The number of amides is 2. The Morgan fingerprint density at radius 3 is 2.90 bits per heavy atom. The molecular formula is C15H19ClN2O3. The van der Waals surface area contributed by atoms with E-state index in [0.717, 1.165) is 12.8 Å². The summed E-state index contributed by atoms with van der Waals surface area (Å²) in [6, 6.07) is 6.92. The first-order valence-corrected chi connectivity index (χ1v) is 7.46. The van der Waals surface area contributed by atoms with Crippen molar-refractivity contribution in [2.45, 2.75) is 25.8 Å². The number of hydrogen-bond acceptors (Lipinski definition) is 3. The molecular weight excluding hydrogens is 292 g/mol. The van der Waals surface area contributed by atoms with E-state index in [2.05, 4.69) is 5.32 Å². The van der Waals surface area contributed by atoms with E-state index in [4.69, 9.17) is 16.3 Å². The minimum Gasteiger partial charge on any atom is -0.450 e. The fourth-order valence-corrected chi connectivity index (χ4v) is 2.64. The summed E-state index contributed by atoms with van der Waals surface area (Å²) in [7, 11) is 0. The van der Waals surface area contributed by atoms with Crippen molar-refractivity contribution in [3.8, 4) is 0 Å². The highest BCUT2D eigenvalue weighted by atomic mass is 35.5. The molecule has 1 unspecified atom stereocenters. The average Bonchev–Trinajstić information content (AvgIpc) is 2.47. The molecule has 0 radical (unpaired) electrons. The maximum absolute atomic E-state index is 12.5. The lowest BCUT2D eigenvalue weighted by molar-refractivity contribution is 0.0686. The quantitative estimate of drug-likeness (QED) is 0.934. The van der Waals surface area contributed by atoms with Gasteiger partial charge in [-0.25, -0.2) is 4.79 Å². The topological polar surface area (TPSA) is 58.6 Å². The van der Waals surface area contributed by atoms with Gasteiger partial charge in [-0.15, -0.1) is 0 Å². The number of rotatable bonds is 3. The van der Waals surface area contributed by atoms with Crippen molar-refractivity contribution in [1.82, 2.24) is 10.2 Å². The number of hydrogen-bond donors (Lipinski definition) is 1. The molecule has 0 aliphatic carbocycles. The fraction of sp³-hybridized carbons (Fsp3) is 0.467. The van der Waals surface area contributed by atoms with Crippen LogP contribution in [0.15, 0.2) is 24.3 Å². The second-order valence-corrected chi connectivity index (χ2v) is 5.34. The maximum atomic E-state index is 12.5. The van der Waals surface area contributed by atoms with Crippen molar-refractivity contribution in [2.24, 2.45) is 0 Å². The van der Waals surface area contributed by atoms with Gasteiger partial charge in [0.1, 0.15) is 0 Å². The molecule has 1 aliphatic heterocycles. The largest absolute Gasteiger partial charge is 0.450 e. The van der Waals surface area contributed by atoms with Crippen LogP contribution < -0.4 is 5.32 Å². The van der Waals surface area contributed by atoms with Crippen molar-refractivity contribution >= 4 is 23.6 Å². The number of alkyl carbamates (subject to hydrolysis) is 1. The zero-order chi connectivity index (χ0) is 15.2. The Morgan fingerprint density at radius 1 is 1.43 bits per heavy atom. The van der Waals surface area contributed by atoms with Crippen molar-refractivity contribution in [3.05, 3.63) is 34.9 Å². The Morgan fingerprint density at radius 2 is 2.19 bits per heavy atom. The minimum absolute atomic E-state index is 0.0794. The van der Waals surface area contributed by atoms with Gasteiger partial charge in [-0.1, -0.05) is 23.7 Å². The van der Waals surface area contributed by atoms with E-state index >= 15 is 0 Å². The molecule has 6 heteroatoms. The molecule has 1 saturated heterocycles. The van der Waals surface area contributed by atoms with Crippen LogP contribution >= 0.6 is 11.6 Å². The average molecular weight is 311 g/mol. The number of halogens is 1. The van der Waals surface area contributed by atoms with Crippen molar-refractivity contribution in [2.75, 3.05) is 19.7 Å². The van der Waals surface area contributed by atoms with Gasteiger partial charge >= 0.3 is 6.09 Å². The summed E-state index contributed by atoms with van der Waals surface area (Å²) in [6.07, 6.45) is 1.24. The van der Waals surface area contributed by atoms with Gasteiger partial charge in [0.2, 0.25) is 0 Å². The highest BCUT2D eigenvalue weighted by Crippen LogP contribution is 2.20. The number of benzene rings is 1. The molecule has 1 N–H and O–H groups in total. The first-order valence-electron chi connectivity index (χ1n) is 7.09. The normalized spacial score (nSPS) is 18.2. The van der Waals surface area contributed by atoms with Crippen molar-refractivity contribution in [1.29, 1.82) is 0 Å². The van der Waals surface area contributed by atoms with E-state index < -0.39 is 6.09 Å². The first-order chi connectivity index (χ1) is 10.1. The third-order valence-corrected chi connectivity index (χ3v) is 3.74. The molecule has 0 saturated carbocycles. The summed E-state index contributed by atoms with van der Waals surface area (Å²) < 4.78 is 4.87. The molecule has 1 aliphatic rings. The number of carbonyl (C=O) groups is 2. The van der Waals surface area contributed by atoms with E-state index in [1.54, 1.807) is 36.1 Å². The molecule has 1 heterocycles. The minimum atomic E-state index is -0.436. The van der Waals surface area contributed by atoms with Crippen LogP contribution in [0.1, 0.15) is 30.1 Å². The summed E-state index contributed by atoms with van der Waals surface area (Å²) in [4.78, 5) is 25.7. The molecule has 21 heavy (non-hydrogen) atoms. The molecule has 0 bridgehead atoms. The number of nitrogens with zero attached hydrogens (tertiary/aromatic N) is 1. The summed E-state index contributed by atoms with van der Waals surface area (Å²) >= 11 is 6.06. The molecule has 1 fully saturated rings. The first kappa shape index (κ1) is 15.6. The molecule has 1 aromatic carbocycles. The lowest BCUT2D eigenvalue weighted by Crippen LogP contribution is -2.49. The fourth-order valence-electron chi connectivity index (χ4n) is 2.42. The van der Waals surface area contributed by atoms with Crippen LogP contribution in [0.25, 0.3) is 0 Å². The molecule has 2 rings (SSSR count). The maximum Gasteiger partial charge on any atom is 0.407 e. The van der Waals surface area contributed by atoms with E-state index in [1.807, 2.05) is 0 Å². The highest BCUT2D eigenvalue weighted by molar-refractivity contribution is 6.33. The highest BCUT2D eigenvalue weighted by Gasteiger charge is 2.26. The predicted octanol–water partition coefficient (Wildman–Crippen LogP) is 2.69. The molecule has 114 valence electrons. The molecule has 0 aromatic heterocycles. The second kappa shape index (κ2) is 7.31. The molecule has 2 amide bonds. The van der Waals surface area contributed by atoms with Crippen LogP contribution in [0.4, 0.5) is 4.79 Å². The van der Waals surface area contributed by atoms with Gasteiger partial charge in [0.05, 0.1) is 17.2 Å². The predicted molar refractivity (Wildman–Crippen MR) is 80.5 cm³/mol. The number of piperidine rings is 1. The Hall–Kier alpha value is -1.75. The van der Waals surface area contributed by atoms with E-state index in [9.17, 15) is 9.59 Å². The SMILES string of the molecule is CCOC(=O)NC1CCCN(C(=O)c2ccccc2Cl)C1. The van der Waals surface area contributed by atoms with Crippen LogP contribution in [0.5, 0.6) is 0 Å². The zero-order valence-corrected chi connectivity index (χ0v) is 12.7. The summed E-state index contributed by atoms with van der Waals surface area (Å²) in [5.41, 5.74) is 0.496. The summed E-state index contributed by atoms with van der Waals surface area (Å²) in [5.74, 6) is -0.101. The standard InChI is InChI=1S/C15H19ClN2O3/c1-2-21-15(20)17-11-6-5-9-18(10-11)14(19)12-7-3-4-8-13(12)16/h3-4,7-8,11H,2,5-6,9-10H2,1H3,(H,17,20). The second-order valence-electron chi connectivity index (χ2n) is 4.93. The Bertz CT molecular complexity index is 521. The lowest BCUT2D eigenvalue weighted by atomic mass is 10.0. The molecule has 1 atom stereocenters. The van der Waals surface area contributed by atoms with Gasteiger partial charge in [-0.05, 0) is 31.9 Å². The van der Waals surface area contributed by atoms with Gasteiger partial charge in [0.15, 0.2) is 0 Å². The van der Waals surface area contributed by atoms with Crippen LogP contribution in [0.3, 0.4) is 0 Å². The molecule has 5 nitrogen and oxygen atoms in total. The molecule has 1 aromatic rings. The number of nitrogens with one attached hydrogen (secondary N) is 1. The van der Waals surface area contributed by atoms with Gasteiger partial charge in [-0.3, -0.25) is 4.79 Å². The van der Waals surface area contributed by atoms with Crippen LogP contribution in [-0.2, 0) is 4.74 Å². The number of ether oxygens (including phenoxy) is 1. The third kappa shape index (κ3) is 4.11. The number of likely N-dealkylation sites (tertiary alicyclic amines) is 1. The Labute approximate surface area is 129 Å². The Balaban J connectivity index is 1.99. The van der Waals surface area contributed by atoms with Crippen molar-refractivity contribution in [3.63, 3.8) is 0 Å². The monoisotopic (exact) mass is 310 g/mol. The van der Waals surface area contributed by atoms with E-state index in [0.29, 0.717) is 30.3 Å². The molecule has 0 spiro atoms. The van der Waals surface area contributed by atoms with Gasteiger partial charge < -0.3 is 15.0 Å². The van der Waals surface area contributed by atoms with Gasteiger partial charge in [-0.2, -0.15) is 0 Å². The summed E-state index contributed by atoms with van der Waals surface area (Å²) in [5, 5.41) is 3.23. The lowest BCUT2D eigenvalue weighted by Gasteiger charge is -2.33. The third-order valence-electron chi connectivity index (χ3n) is 3.41. The Kier molecular flexibility index (Phi) is 5.44. The number of carbonyl (C=O) groups excluding carboxylic acids is 2. The summed E-state index contributed by atoms with van der Waals surface area (Å²) in [6.45, 7) is 3.24. The van der Waals surface area contributed by atoms with Gasteiger partial charge in [0.25, 0.3) is 5.91 Å². The van der Waals surface area contributed by atoms with Gasteiger partial charge in [0, 0.05) is 19.1 Å². The van der Waals surface area contributed by atoms with E-state index in [-0.39, 0.29) is 11.9 Å². The van der Waals surface area contributed by atoms with Crippen LogP contribution in [0, 0.1) is 0 Å². The van der Waals surface area contributed by atoms with E-state index in [1.165, 1.54) is 0 Å². The van der Waals surface area contributed by atoms with Crippen LogP contribution in [0.2, 0.25) is 5.02 Å². The smallest absolute Gasteiger partial charge is 0.407 e. The zero-order valence-electron chi connectivity index (χ0n) is 12.0. The van der Waals surface area contributed by atoms with Crippen molar-refractivity contribution < 1.29 is 14.3 Å². The van der Waals surface area contributed by atoms with Crippen LogP contribution in [-0.4, -0.2) is 42.6 Å².